The first kappa shape index (κ1) is 15.6. The Kier molecular flexibility index (Phi) is 5.66. The lowest BCUT2D eigenvalue weighted by Crippen LogP contribution is -2.49. The van der Waals surface area contributed by atoms with Crippen LogP contribution in [-0.4, -0.2) is 43.0 Å². The lowest BCUT2D eigenvalue weighted by molar-refractivity contribution is -0.116. The van der Waals surface area contributed by atoms with Crippen LogP contribution in [-0.2, 0) is 4.79 Å². The van der Waals surface area contributed by atoms with Gasteiger partial charge in [0.05, 0.1) is 10.7 Å². The second-order valence-electron chi connectivity index (χ2n) is 5.08. The maximum Gasteiger partial charge on any atom is 0.225 e. The van der Waals surface area contributed by atoms with Crippen LogP contribution in [0.4, 0.5) is 5.69 Å². The van der Waals surface area contributed by atoms with Gasteiger partial charge in [0.25, 0.3) is 0 Å². The number of amides is 1. The van der Waals surface area contributed by atoms with E-state index in [2.05, 4.69) is 22.5 Å². The Labute approximate surface area is 129 Å². The highest BCUT2D eigenvalue weighted by molar-refractivity contribution is 6.35. The molecule has 1 aliphatic rings. The molecule has 4 nitrogen and oxygen atoms in total. The van der Waals surface area contributed by atoms with Crippen molar-refractivity contribution in [3.05, 3.63) is 28.2 Å². The number of rotatable bonds is 4. The van der Waals surface area contributed by atoms with Crippen molar-refractivity contribution in [3.8, 4) is 0 Å². The summed E-state index contributed by atoms with van der Waals surface area (Å²) in [5.74, 6) is -0.0413. The average molecular weight is 316 g/mol. The Morgan fingerprint density at radius 2 is 2.30 bits per heavy atom. The number of nitrogens with zero attached hydrogens (tertiary/aromatic N) is 1. The van der Waals surface area contributed by atoms with Gasteiger partial charge < -0.3 is 15.5 Å². The van der Waals surface area contributed by atoms with E-state index in [1.807, 2.05) is 0 Å². The van der Waals surface area contributed by atoms with E-state index in [1.54, 1.807) is 18.2 Å². The minimum atomic E-state index is -0.0413. The summed E-state index contributed by atoms with van der Waals surface area (Å²) in [6.07, 6.45) is 0.454. The van der Waals surface area contributed by atoms with Gasteiger partial charge in [0.2, 0.25) is 5.91 Å². The number of carbonyl (C=O) groups excluding carboxylic acids is 1. The molecule has 1 aromatic carbocycles. The number of hydrogen-bond donors (Lipinski definition) is 2. The predicted molar refractivity (Wildman–Crippen MR) is 83.6 cm³/mol. The lowest BCUT2D eigenvalue weighted by Gasteiger charge is -2.31. The summed E-state index contributed by atoms with van der Waals surface area (Å²) in [6, 6.07) is 5.52. The first-order valence-corrected chi connectivity index (χ1v) is 7.51. The number of anilines is 1. The fraction of sp³-hybridized carbons (Fsp3) is 0.500. The Balaban J connectivity index is 1.82. The van der Waals surface area contributed by atoms with Crippen LogP contribution in [0.5, 0.6) is 0 Å². The molecule has 0 aromatic heterocycles. The summed E-state index contributed by atoms with van der Waals surface area (Å²) in [4.78, 5) is 14.2. The molecule has 1 aliphatic heterocycles. The van der Waals surface area contributed by atoms with Crippen LogP contribution in [0, 0.1) is 0 Å². The van der Waals surface area contributed by atoms with E-state index in [9.17, 15) is 4.79 Å². The molecule has 0 saturated carbocycles. The molecule has 1 amide bonds. The molecule has 0 aliphatic carbocycles. The molecule has 6 heteroatoms. The maximum atomic E-state index is 11.9. The van der Waals surface area contributed by atoms with E-state index in [4.69, 9.17) is 23.2 Å². The zero-order chi connectivity index (χ0) is 14.5. The molecular weight excluding hydrogens is 297 g/mol. The normalized spacial score (nSPS) is 19.9. The van der Waals surface area contributed by atoms with Gasteiger partial charge in [-0.25, -0.2) is 0 Å². The summed E-state index contributed by atoms with van der Waals surface area (Å²) >= 11 is 11.9. The van der Waals surface area contributed by atoms with Crippen LogP contribution < -0.4 is 10.6 Å². The summed E-state index contributed by atoms with van der Waals surface area (Å²) in [5.41, 5.74) is 0.567. The van der Waals surface area contributed by atoms with Gasteiger partial charge in [0.1, 0.15) is 0 Å². The van der Waals surface area contributed by atoms with Crippen LogP contribution in [0.25, 0.3) is 0 Å². The molecule has 20 heavy (non-hydrogen) atoms. The van der Waals surface area contributed by atoms with Crippen LogP contribution >= 0.6 is 23.2 Å². The third-order valence-corrected chi connectivity index (χ3v) is 3.88. The van der Waals surface area contributed by atoms with Crippen molar-refractivity contribution < 1.29 is 4.79 Å². The van der Waals surface area contributed by atoms with Crippen LogP contribution in [0.15, 0.2) is 18.2 Å². The van der Waals surface area contributed by atoms with Gasteiger partial charge in [-0.1, -0.05) is 23.2 Å². The monoisotopic (exact) mass is 315 g/mol. The van der Waals surface area contributed by atoms with Gasteiger partial charge in [0, 0.05) is 43.7 Å². The Hall–Kier alpha value is -0.810. The molecule has 1 fully saturated rings. The third kappa shape index (κ3) is 4.63. The molecule has 110 valence electrons. The molecule has 0 spiro atoms. The van der Waals surface area contributed by atoms with E-state index < -0.39 is 0 Å². The van der Waals surface area contributed by atoms with Gasteiger partial charge in [-0.15, -0.1) is 0 Å². The van der Waals surface area contributed by atoms with Crippen molar-refractivity contribution in [2.45, 2.75) is 19.4 Å². The molecule has 1 unspecified atom stereocenters. The number of hydrogen-bond acceptors (Lipinski definition) is 3. The highest BCUT2D eigenvalue weighted by Gasteiger charge is 2.16. The zero-order valence-corrected chi connectivity index (χ0v) is 13.0. The zero-order valence-electron chi connectivity index (χ0n) is 11.5. The number of benzene rings is 1. The van der Waals surface area contributed by atoms with Crippen LogP contribution in [0.3, 0.4) is 0 Å². The molecule has 1 atom stereocenters. The fourth-order valence-electron chi connectivity index (χ4n) is 2.28. The maximum absolute atomic E-state index is 11.9. The topological polar surface area (TPSA) is 44.4 Å². The van der Waals surface area contributed by atoms with Crippen molar-refractivity contribution in [2.75, 3.05) is 31.5 Å². The summed E-state index contributed by atoms with van der Waals surface area (Å²) in [5, 5.41) is 7.24. The summed E-state index contributed by atoms with van der Waals surface area (Å²) < 4.78 is 0. The molecule has 1 heterocycles. The highest BCUT2D eigenvalue weighted by atomic mass is 35.5. The molecule has 0 bridgehead atoms. The molecular formula is C14H19Cl2N3O. The smallest absolute Gasteiger partial charge is 0.225 e. The minimum absolute atomic E-state index is 0.0413. The largest absolute Gasteiger partial charge is 0.325 e. The quantitative estimate of drug-likeness (QED) is 0.897. The Morgan fingerprint density at radius 3 is 3.05 bits per heavy atom. The number of carbonyl (C=O) groups is 1. The first-order valence-electron chi connectivity index (χ1n) is 6.75. The molecule has 2 rings (SSSR count). The van der Waals surface area contributed by atoms with Gasteiger partial charge >= 0.3 is 0 Å². The van der Waals surface area contributed by atoms with E-state index in [0.717, 1.165) is 26.2 Å². The van der Waals surface area contributed by atoms with E-state index >= 15 is 0 Å². The summed E-state index contributed by atoms with van der Waals surface area (Å²) in [6.45, 7) is 5.84. The number of piperazine rings is 1. The van der Waals surface area contributed by atoms with Crippen molar-refractivity contribution in [1.82, 2.24) is 10.2 Å². The standard InChI is InChI=1S/C14H19Cl2N3O/c1-10-9-19(7-5-17-10)6-4-14(20)18-13-8-11(15)2-3-12(13)16/h2-3,8,10,17H,4-7,9H2,1H3,(H,18,20). The van der Waals surface area contributed by atoms with E-state index in [0.29, 0.717) is 28.2 Å². The summed E-state index contributed by atoms with van der Waals surface area (Å²) in [7, 11) is 0. The van der Waals surface area contributed by atoms with Crippen molar-refractivity contribution in [1.29, 1.82) is 0 Å². The SMILES string of the molecule is CC1CN(CCC(=O)Nc2cc(Cl)ccc2Cl)CCN1. The fourth-order valence-corrected chi connectivity index (χ4v) is 2.62. The van der Waals surface area contributed by atoms with E-state index in [-0.39, 0.29) is 5.91 Å². The predicted octanol–water partition coefficient (Wildman–Crippen LogP) is 2.62. The van der Waals surface area contributed by atoms with Crippen LogP contribution in [0.1, 0.15) is 13.3 Å². The van der Waals surface area contributed by atoms with Gasteiger partial charge in [-0.3, -0.25) is 4.79 Å². The first-order chi connectivity index (χ1) is 9.54. The minimum Gasteiger partial charge on any atom is -0.325 e. The Bertz CT molecular complexity index is 481. The van der Waals surface area contributed by atoms with Gasteiger partial charge in [-0.2, -0.15) is 0 Å². The molecule has 2 N–H and O–H groups in total. The molecule has 0 radical (unpaired) electrons. The van der Waals surface area contributed by atoms with Crippen molar-refractivity contribution in [2.24, 2.45) is 0 Å². The molecule has 1 saturated heterocycles. The highest BCUT2D eigenvalue weighted by Crippen LogP contribution is 2.25. The molecule has 1 aromatic rings. The van der Waals surface area contributed by atoms with Crippen molar-refractivity contribution >= 4 is 34.8 Å². The van der Waals surface area contributed by atoms with E-state index in [1.165, 1.54) is 0 Å². The Morgan fingerprint density at radius 1 is 1.50 bits per heavy atom. The van der Waals surface area contributed by atoms with Crippen molar-refractivity contribution in [3.63, 3.8) is 0 Å². The van der Waals surface area contributed by atoms with Gasteiger partial charge in [0.15, 0.2) is 0 Å². The number of halogens is 2. The van der Waals surface area contributed by atoms with Crippen LogP contribution in [0.2, 0.25) is 10.0 Å². The third-order valence-electron chi connectivity index (χ3n) is 3.31. The second-order valence-corrected chi connectivity index (χ2v) is 5.92. The second kappa shape index (κ2) is 7.27. The average Bonchev–Trinajstić information content (AvgIpc) is 2.41. The lowest BCUT2D eigenvalue weighted by atomic mass is 10.2. The number of nitrogens with one attached hydrogen (secondary N) is 2. The van der Waals surface area contributed by atoms with Gasteiger partial charge in [-0.05, 0) is 25.1 Å².